The van der Waals surface area contributed by atoms with Crippen LogP contribution in [-0.4, -0.2) is 34.8 Å². The van der Waals surface area contributed by atoms with Crippen LogP contribution in [0.15, 0.2) is 40.5 Å². The second kappa shape index (κ2) is 6.60. The number of ether oxygens (including phenoxy) is 1. The molecule has 0 radical (unpaired) electrons. The van der Waals surface area contributed by atoms with Crippen LogP contribution in [0.1, 0.15) is 15.9 Å². The lowest BCUT2D eigenvalue weighted by molar-refractivity contribution is 0.0999. The first kappa shape index (κ1) is 17.3. The van der Waals surface area contributed by atoms with Crippen molar-refractivity contribution in [3.05, 3.63) is 41.7 Å². The first-order chi connectivity index (χ1) is 11.2. The number of carbonyl (C=O) groups is 1. The van der Waals surface area contributed by atoms with Crippen LogP contribution in [0.4, 0.5) is 0 Å². The molecule has 0 aliphatic carbocycles. The van der Waals surface area contributed by atoms with Gasteiger partial charge in [-0.15, -0.1) is 0 Å². The van der Waals surface area contributed by atoms with Gasteiger partial charge in [0.25, 0.3) is 16.0 Å². The average Bonchev–Trinajstić information content (AvgIpc) is 2.48. The van der Waals surface area contributed by atoms with Crippen LogP contribution in [0, 0.1) is 6.92 Å². The van der Waals surface area contributed by atoms with Gasteiger partial charge in [-0.2, -0.15) is 13.4 Å². The maximum absolute atomic E-state index is 12.0. The van der Waals surface area contributed by atoms with Crippen LogP contribution >= 0.6 is 0 Å². The van der Waals surface area contributed by atoms with Crippen LogP contribution in [0.5, 0.6) is 11.8 Å². The molecule has 0 saturated carbocycles. The molecule has 2 rings (SSSR count). The summed E-state index contributed by atoms with van der Waals surface area (Å²) in [6.45, 7) is 1.34. The minimum absolute atomic E-state index is 0.0263. The molecule has 1 heterocycles. The molecule has 0 bridgehead atoms. The van der Waals surface area contributed by atoms with Gasteiger partial charge in [-0.3, -0.25) is 9.35 Å². The van der Waals surface area contributed by atoms with E-state index in [1.807, 2.05) is 0 Å². The van der Waals surface area contributed by atoms with Gasteiger partial charge in [0.05, 0.1) is 5.56 Å². The summed E-state index contributed by atoms with van der Waals surface area (Å²) >= 11 is 0. The lowest BCUT2D eigenvalue weighted by Crippen LogP contribution is -2.24. The molecule has 0 saturated heterocycles. The number of hydrogen-bond donors (Lipinski definition) is 3. The summed E-state index contributed by atoms with van der Waals surface area (Å²) in [6, 6.07) is 3.96. The smallest absolute Gasteiger partial charge is 0.321 e. The third-order valence-corrected chi connectivity index (χ3v) is 3.86. The molecule has 0 unspecified atom stereocenters. The van der Waals surface area contributed by atoms with Gasteiger partial charge in [-0.1, -0.05) is 0 Å². The first-order valence-electron chi connectivity index (χ1n) is 6.40. The number of carbonyl (C=O) groups excluding carboxylic acids is 1. The van der Waals surface area contributed by atoms with Crippen LogP contribution < -0.4 is 16.2 Å². The summed E-state index contributed by atoms with van der Waals surface area (Å²) in [5, 5.41) is 0. The molecule has 0 aliphatic rings. The Morgan fingerprint density at radius 1 is 1.25 bits per heavy atom. The van der Waals surface area contributed by atoms with Crippen LogP contribution in [0.3, 0.4) is 0 Å². The lowest BCUT2D eigenvalue weighted by atomic mass is 10.1. The Morgan fingerprint density at radius 2 is 1.88 bits per heavy atom. The van der Waals surface area contributed by atoms with E-state index in [4.69, 9.17) is 16.2 Å². The molecule has 0 atom stereocenters. The highest BCUT2D eigenvalue weighted by Gasteiger charge is 2.26. The summed E-state index contributed by atoms with van der Waals surface area (Å²) in [5.41, 5.74) is 9.80. The van der Waals surface area contributed by atoms with Gasteiger partial charge < -0.3 is 16.2 Å². The number of rotatable bonds is 4. The van der Waals surface area contributed by atoms with Crippen LogP contribution in [0.25, 0.3) is 0 Å². The highest BCUT2D eigenvalue weighted by molar-refractivity contribution is 7.86. The number of guanidine groups is 1. The fourth-order valence-electron chi connectivity index (χ4n) is 1.90. The molecule has 0 aliphatic heterocycles. The quantitative estimate of drug-likeness (QED) is 0.396. The Hall–Kier alpha value is -3.05. The highest BCUT2D eigenvalue weighted by Crippen LogP contribution is 2.31. The van der Waals surface area contributed by atoms with Crippen molar-refractivity contribution >= 4 is 22.0 Å². The number of aliphatic imine (C=N–C) groups is 1. The van der Waals surface area contributed by atoms with E-state index in [0.29, 0.717) is 0 Å². The number of amides is 1. The maximum atomic E-state index is 12.0. The molecule has 11 heteroatoms. The fourth-order valence-corrected chi connectivity index (χ4v) is 2.82. The number of benzene rings is 1. The Kier molecular flexibility index (Phi) is 4.76. The van der Waals surface area contributed by atoms with Crippen LogP contribution in [0.2, 0.25) is 0 Å². The van der Waals surface area contributed by atoms with E-state index < -0.39 is 32.4 Å². The maximum Gasteiger partial charge on any atom is 0.321 e. The molecule has 2 aromatic rings. The van der Waals surface area contributed by atoms with Gasteiger partial charge in [-0.25, -0.2) is 9.97 Å². The zero-order valence-corrected chi connectivity index (χ0v) is 13.2. The zero-order chi connectivity index (χ0) is 17.9. The molecule has 5 N–H and O–H groups in total. The Labute approximate surface area is 137 Å². The Bertz CT molecular complexity index is 908. The summed E-state index contributed by atoms with van der Waals surface area (Å²) in [4.78, 5) is 22.2. The predicted octanol–water partition coefficient (Wildman–Crippen LogP) is 0.238. The predicted molar refractivity (Wildman–Crippen MR) is 83.2 cm³/mol. The van der Waals surface area contributed by atoms with Crippen molar-refractivity contribution in [3.8, 4) is 11.8 Å². The molecule has 0 fully saturated rings. The van der Waals surface area contributed by atoms with Gasteiger partial charge in [0.15, 0.2) is 5.96 Å². The number of aromatic nitrogens is 2. The van der Waals surface area contributed by atoms with Crippen molar-refractivity contribution in [2.75, 3.05) is 0 Å². The topological polar surface area (TPSA) is 171 Å². The summed E-state index contributed by atoms with van der Waals surface area (Å²) in [6.07, 6.45) is 2.86. The zero-order valence-electron chi connectivity index (χ0n) is 12.4. The normalized spacial score (nSPS) is 10.9. The standard InChI is InChI=1S/C13H13N5O5S/c1-7-9(23-13-16-5-2-6-17-13)4-3-8(10(7)24(20,21)22)11(19)18-12(14)15/h2-6H,1H3,(H,20,21,22)(H4,14,15,18,19). The van der Waals surface area contributed by atoms with Gasteiger partial charge >= 0.3 is 6.01 Å². The van der Waals surface area contributed by atoms with E-state index in [1.54, 1.807) is 6.07 Å². The molecular weight excluding hydrogens is 338 g/mol. The largest absolute Gasteiger partial charge is 0.424 e. The second-order valence-electron chi connectivity index (χ2n) is 4.52. The second-order valence-corrected chi connectivity index (χ2v) is 5.87. The van der Waals surface area contributed by atoms with Crippen molar-refractivity contribution in [1.82, 2.24) is 9.97 Å². The number of nitrogens with zero attached hydrogens (tertiary/aromatic N) is 3. The van der Waals surface area contributed by atoms with Gasteiger partial charge in [0, 0.05) is 18.0 Å². The van der Waals surface area contributed by atoms with Crippen molar-refractivity contribution in [2.24, 2.45) is 16.5 Å². The lowest BCUT2D eigenvalue weighted by Gasteiger charge is -2.12. The molecule has 1 aromatic heterocycles. The summed E-state index contributed by atoms with van der Waals surface area (Å²) in [5.74, 6) is -1.53. The third-order valence-electron chi connectivity index (χ3n) is 2.82. The van der Waals surface area contributed by atoms with Crippen LogP contribution in [-0.2, 0) is 10.1 Å². The molecule has 126 valence electrons. The Morgan fingerprint density at radius 3 is 2.42 bits per heavy atom. The number of nitrogens with two attached hydrogens (primary N) is 2. The SMILES string of the molecule is Cc1c(Oc2ncccn2)ccc(C(=O)N=C(N)N)c1S(=O)(=O)O. The monoisotopic (exact) mass is 351 g/mol. The molecular formula is C13H13N5O5S. The van der Waals surface area contributed by atoms with Crippen molar-refractivity contribution in [3.63, 3.8) is 0 Å². The minimum Gasteiger partial charge on any atom is -0.424 e. The molecule has 10 nitrogen and oxygen atoms in total. The van der Waals surface area contributed by atoms with Crippen molar-refractivity contribution in [2.45, 2.75) is 11.8 Å². The van der Waals surface area contributed by atoms with Gasteiger partial charge in [0.1, 0.15) is 10.6 Å². The third kappa shape index (κ3) is 3.83. The minimum atomic E-state index is -4.75. The van der Waals surface area contributed by atoms with Crippen molar-refractivity contribution in [1.29, 1.82) is 0 Å². The molecule has 1 amide bonds. The molecule has 0 spiro atoms. The average molecular weight is 351 g/mol. The Balaban J connectivity index is 2.59. The van der Waals surface area contributed by atoms with E-state index in [1.165, 1.54) is 25.4 Å². The molecule has 1 aromatic carbocycles. The van der Waals surface area contributed by atoms with E-state index in [2.05, 4.69) is 15.0 Å². The van der Waals surface area contributed by atoms with E-state index in [9.17, 15) is 17.8 Å². The summed E-state index contributed by atoms with van der Waals surface area (Å²) < 4.78 is 38.2. The van der Waals surface area contributed by atoms with E-state index in [-0.39, 0.29) is 17.3 Å². The highest BCUT2D eigenvalue weighted by atomic mass is 32.2. The van der Waals surface area contributed by atoms with E-state index in [0.717, 1.165) is 6.07 Å². The fraction of sp³-hybridized carbons (Fsp3) is 0.0769. The first-order valence-corrected chi connectivity index (χ1v) is 7.84. The van der Waals surface area contributed by atoms with E-state index >= 15 is 0 Å². The van der Waals surface area contributed by atoms with Gasteiger partial charge in [0.2, 0.25) is 0 Å². The van der Waals surface area contributed by atoms with Crippen molar-refractivity contribution < 1.29 is 22.5 Å². The summed E-state index contributed by atoms with van der Waals surface area (Å²) in [7, 11) is -4.75. The number of hydrogen-bond acceptors (Lipinski definition) is 6. The van der Waals surface area contributed by atoms with Gasteiger partial charge in [-0.05, 0) is 25.1 Å². The molecule has 24 heavy (non-hydrogen) atoms.